The standard InChI is InChI=1S/C14H19ClO2/c1-10(2)12-9-11(3-4-13(12)15)14(16)5-7-17-8-6-14/h3-4,9-10,16H,5-8H2,1-2H3. The van der Waals surface area contributed by atoms with E-state index in [0.29, 0.717) is 32.0 Å². The second-order valence-corrected chi connectivity index (χ2v) is 5.44. The molecule has 0 aliphatic carbocycles. The maximum atomic E-state index is 10.6. The second-order valence-electron chi connectivity index (χ2n) is 5.03. The van der Waals surface area contributed by atoms with Crippen LogP contribution in [0.15, 0.2) is 18.2 Å². The van der Waals surface area contributed by atoms with Crippen LogP contribution in [0, 0.1) is 0 Å². The van der Waals surface area contributed by atoms with Crippen molar-refractivity contribution >= 4 is 11.6 Å². The van der Waals surface area contributed by atoms with Gasteiger partial charge in [-0.2, -0.15) is 0 Å². The van der Waals surface area contributed by atoms with E-state index in [2.05, 4.69) is 13.8 Å². The van der Waals surface area contributed by atoms with Crippen molar-refractivity contribution in [3.63, 3.8) is 0 Å². The lowest BCUT2D eigenvalue weighted by Gasteiger charge is -2.33. The molecule has 1 fully saturated rings. The zero-order valence-corrected chi connectivity index (χ0v) is 11.1. The first-order valence-corrected chi connectivity index (χ1v) is 6.51. The van der Waals surface area contributed by atoms with Crippen molar-refractivity contribution in [1.29, 1.82) is 0 Å². The molecule has 1 aromatic carbocycles. The van der Waals surface area contributed by atoms with Crippen LogP contribution in [-0.2, 0) is 10.3 Å². The largest absolute Gasteiger partial charge is 0.385 e. The van der Waals surface area contributed by atoms with E-state index in [0.717, 1.165) is 16.1 Å². The molecule has 2 nitrogen and oxygen atoms in total. The molecular weight excluding hydrogens is 236 g/mol. The molecule has 1 aromatic rings. The molecule has 1 aliphatic rings. The van der Waals surface area contributed by atoms with Crippen molar-refractivity contribution in [2.75, 3.05) is 13.2 Å². The average Bonchev–Trinajstić information content (AvgIpc) is 2.30. The summed E-state index contributed by atoms with van der Waals surface area (Å²) in [6.07, 6.45) is 1.32. The van der Waals surface area contributed by atoms with Gasteiger partial charge in [0.2, 0.25) is 0 Å². The molecule has 94 valence electrons. The molecular formula is C14H19ClO2. The van der Waals surface area contributed by atoms with Crippen LogP contribution in [0.1, 0.15) is 43.7 Å². The van der Waals surface area contributed by atoms with Gasteiger partial charge in [-0.15, -0.1) is 0 Å². The third-order valence-electron chi connectivity index (χ3n) is 3.48. The molecule has 1 saturated heterocycles. The molecule has 1 N–H and O–H groups in total. The van der Waals surface area contributed by atoms with Gasteiger partial charge in [-0.3, -0.25) is 0 Å². The Labute approximate surface area is 108 Å². The van der Waals surface area contributed by atoms with E-state index in [1.54, 1.807) is 0 Å². The summed E-state index contributed by atoms with van der Waals surface area (Å²) < 4.78 is 5.30. The maximum absolute atomic E-state index is 10.6. The minimum Gasteiger partial charge on any atom is -0.385 e. The van der Waals surface area contributed by atoms with Gasteiger partial charge in [0.25, 0.3) is 0 Å². The lowest BCUT2D eigenvalue weighted by molar-refractivity contribution is -0.0679. The van der Waals surface area contributed by atoms with Crippen LogP contribution < -0.4 is 0 Å². The molecule has 1 heterocycles. The highest BCUT2D eigenvalue weighted by Gasteiger charge is 2.32. The highest BCUT2D eigenvalue weighted by atomic mass is 35.5. The molecule has 0 saturated carbocycles. The van der Waals surface area contributed by atoms with E-state index in [4.69, 9.17) is 16.3 Å². The normalized spacial score (nSPS) is 19.6. The van der Waals surface area contributed by atoms with Crippen LogP contribution in [-0.4, -0.2) is 18.3 Å². The number of aliphatic hydroxyl groups is 1. The molecule has 0 bridgehead atoms. The van der Waals surface area contributed by atoms with Gasteiger partial charge in [-0.25, -0.2) is 0 Å². The molecule has 0 unspecified atom stereocenters. The molecule has 0 aromatic heterocycles. The van der Waals surface area contributed by atoms with E-state index in [9.17, 15) is 5.11 Å². The molecule has 0 atom stereocenters. The summed E-state index contributed by atoms with van der Waals surface area (Å²) in [6, 6.07) is 5.86. The van der Waals surface area contributed by atoms with E-state index in [1.165, 1.54) is 0 Å². The van der Waals surface area contributed by atoms with Gasteiger partial charge in [0, 0.05) is 31.1 Å². The minimum absolute atomic E-state index is 0.367. The lowest BCUT2D eigenvalue weighted by atomic mass is 9.84. The Morgan fingerprint density at radius 1 is 1.29 bits per heavy atom. The van der Waals surface area contributed by atoms with E-state index < -0.39 is 5.60 Å². The van der Waals surface area contributed by atoms with Crippen molar-refractivity contribution in [3.05, 3.63) is 34.3 Å². The Balaban J connectivity index is 2.35. The molecule has 0 radical (unpaired) electrons. The minimum atomic E-state index is -0.744. The van der Waals surface area contributed by atoms with Crippen LogP contribution in [0.4, 0.5) is 0 Å². The van der Waals surface area contributed by atoms with Crippen molar-refractivity contribution in [1.82, 2.24) is 0 Å². The maximum Gasteiger partial charge on any atom is 0.0940 e. The van der Waals surface area contributed by atoms with Gasteiger partial charge in [-0.05, 0) is 23.1 Å². The quantitative estimate of drug-likeness (QED) is 0.876. The summed E-state index contributed by atoms with van der Waals surface area (Å²) in [5, 5.41) is 11.4. The summed E-state index contributed by atoms with van der Waals surface area (Å²) >= 11 is 6.17. The van der Waals surface area contributed by atoms with Crippen LogP contribution in [0.25, 0.3) is 0 Å². The van der Waals surface area contributed by atoms with Gasteiger partial charge in [0.1, 0.15) is 0 Å². The highest BCUT2D eigenvalue weighted by Crippen LogP contribution is 2.35. The first-order chi connectivity index (χ1) is 8.03. The van der Waals surface area contributed by atoms with Gasteiger partial charge in [0.15, 0.2) is 0 Å². The second kappa shape index (κ2) is 4.97. The fourth-order valence-electron chi connectivity index (χ4n) is 2.27. The Hall–Kier alpha value is -0.570. The summed E-state index contributed by atoms with van der Waals surface area (Å²) in [5.41, 5.74) is 1.32. The zero-order valence-electron chi connectivity index (χ0n) is 10.4. The van der Waals surface area contributed by atoms with Gasteiger partial charge >= 0.3 is 0 Å². The smallest absolute Gasteiger partial charge is 0.0940 e. The van der Waals surface area contributed by atoms with Gasteiger partial charge < -0.3 is 9.84 Å². The van der Waals surface area contributed by atoms with Crippen molar-refractivity contribution in [2.45, 2.75) is 38.2 Å². The Morgan fingerprint density at radius 2 is 1.94 bits per heavy atom. The molecule has 2 rings (SSSR count). The molecule has 0 spiro atoms. The summed E-state index contributed by atoms with van der Waals surface area (Å²) in [7, 11) is 0. The predicted octanol–water partition coefficient (Wildman–Crippen LogP) is 3.46. The third-order valence-corrected chi connectivity index (χ3v) is 3.82. The van der Waals surface area contributed by atoms with Crippen molar-refractivity contribution in [2.24, 2.45) is 0 Å². The number of rotatable bonds is 2. The number of ether oxygens (including phenoxy) is 1. The van der Waals surface area contributed by atoms with Crippen molar-refractivity contribution in [3.8, 4) is 0 Å². The summed E-state index contributed by atoms with van der Waals surface area (Å²) in [4.78, 5) is 0. The topological polar surface area (TPSA) is 29.5 Å². The molecule has 0 amide bonds. The first-order valence-electron chi connectivity index (χ1n) is 6.13. The van der Waals surface area contributed by atoms with Gasteiger partial charge in [0.05, 0.1) is 5.60 Å². The monoisotopic (exact) mass is 254 g/mol. The number of benzene rings is 1. The highest BCUT2D eigenvalue weighted by molar-refractivity contribution is 6.31. The SMILES string of the molecule is CC(C)c1cc(C2(O)CCOCC2)ccc1Cl. The molecule has 1 aliphatic heterocycles. The van der Waals surface area contributed by atoms with Crippen LogP contribution in [0.2, 0.25) is 5.02 Å². The third kappa shape index (κ3) is 2.65. The number of hydrogen-bond acceptors (Lipinski definition) is 2. The molecule has 17 heavy (non-hydrogen) atoms. The number of halogens is 1. The number of hydrogen-bond donors (Lipinski definition) is 1. The van der Waals surface area contributed by atoms with Crippen LogP contribution in [0.5, 0.6) is 0 Å². The Morgan fingerprint density at radius 3 is 2.53 bits per heavy atom. The van der Waals surface area contributed by atoms with Crippen LogP contribution in [0.3, 0.4) is 0 Å². The summed E-state index contributed by atoms with van der Waals surface area (Å²) in [5.74, 6) is 0.367. The van der Waals surface area contributed by atoms with E-state index in [1.807, 2.05) is 18.2 Å². The van der Waals surface area contributed by atoms with E-state index >= 15 is 0 Å². The first kappa shape index (κ1) is 12.9. The average molecular weight is 255 g/mol. The zero-order chi connectivity index (χ0) is 12.5. The molecule has 3 heteroatoms. The fraction of sp³-hybridized carbons (Fsp3) is 0.571. The lowest BCUT2D eigenvalue weighted by Crippen LogP contribution is -2.33. The Kier molecular flexibility index (Phi) is 3.76. The summed E-state index contributed by atoms with van der Waals surface area (Å²) in [6.45, 7) is 5.46. The fourth-order valence-corrected chi connectivity index (χ4v) is 2.61. The van der Waals surface area contributed by atoms with Gasteiger partial charge in [-0.1, -0.05) is 37.6 Å². The van der Waals surface area contributed by atoms with Crippen LogP contribution >= 0.6 is 11.6 Å². The van der Waals surface area contributed by atoms with E-state index in [-0.39, 0.29) is 0 Å². The predicted molar refractivity (Wildman–Crippen MR) is 69.5 cm³/mol. The Bertz CT molecular complexity index is 395. The van der Waals surface area contributed by atoms with Crippen molar-refractivity contribution < 1.29 is 9.84 Å².